The van der Waals surface area contributed by atoms with E-state index >= 15 is 0 Å². The van der Waals surface area contributed by atoms with Crippen molar-refractivity contribution in [2.75, 3.05) is 20.1 Å². The first-order chi connectivity index (χ1) is 7.81. The van der Waals surface area contributed by atoms with Crippen LogP contribution in [-0.2, 0) is 4.79 Å². The molecule has 17 heavy (non-hydrogen) atoms. The maximum absolute atomic E-state index is 11.5. The highest BCUT2D eigenvalue weighted by molar-refractivity contribution is 5.84. The number of amides is 1. The summed E-state index contributed by atoms with van der Waals surface area (Å²) in [4.78, 5) is 13.8. The average Bonchev–Trinajstić information content (AvgIpc) is 2.16. The van der Waals surface area contributed by atoms with Crippen LogP contribution in [0.4, 0.5) is 0 Å². The lowest BCUT2D eigenvalue weighted by Crippen LogP contribution is -2.55. The van der Waals surface area contributed by atoms with Gasteiger partial charge < -0.3 is 16.0 Å². The molecule has 0 aromatic heterocycles. The first-order valence-corrected chi connectivity index (χ1v) is 6.58. The van der Waals surface area contributed by atoms with E-state index in [2.05, 4.69) is 24.2 Å². The smallest absolute Gasteiger partial charge is 0.237 e. The molecular weight excluding hydrogens is 214 g/mol. The van der Waals surface area contributed by atoms with Crippen LogP contribution in [0.5, 0.6) is 0 Å². The summed E-state index contributed by atoms with van der Waals surface area (Å²) in [6.45, 7) is 10.2. The lowest BCUT2D eigenvalue weighted by atomic mass is 9.94. The van der Waals surface area contributed by atoms with Gasteiger partial charge in [-0.2, -0.15) is 0 Å². The van der Waals surface area contributed by atoms with E-state index in [9.17, 15) is 4.79 Å². The van der Waals surface area contributed by atoms with Gasteiger partial charge in [-0.3, -0.25) is 4.79 Å². The van der Waals surface area contributed by atoms with E-state index in [1.165, 1.54) is 0 Å². The van der Waals surface area contributed by atoms with Crippen molar-refractivity contribution in [1.29, 1.82) is 0 Å². The van der Waals surface area contributed by atoms with E-state index in [0.29, 0.717) is 0 Å². The molecule has 4 heteroatoms. The zero-order valence-corrected chi connectivity index (χ0v) is 12.0. The third-order valence-corrected chi connectivity index (χ3v) is 2.97. The van der Waals surface area contributed by atoms with Gasteiger partial charge in [-0.15, -0.1) is 0 Å². The van der Waals surface area contributed by atoms with Gasteiger partial charge in [-0.05, 0) is 60.2 Å². The van der Waals surface area contributed by atoms with Crippen molar-refractivity contribution in [3.63, 3.8) is 0 Å². The van der Waals surface area contributed by atoms with Crippen LogP contribution >= 0.6 is 0 Å². The number of hydrogen-bond donors (Lipinski definition) is 2. The quantitative estimate of drug-likeness (QED) is 0.643. The molecule has 0 aromatic rings. The lowest BCUT2D eigenvalue weighted by Gasteiger charge is -2.30. The Morgan fingerprint density at radius 3 is 2.41 bits per heavy atom. The molecule has 0 bridgehead atoms. The van der Waals surface area contributed by atoms with Gasteiger partial charge in [-0.1, -0.05) is 6.92 Å². The summed E-state index contributed by atoms with van der Waals surface area (Å²) in [6.07, 6.45) is 2.93. The van der Waals surface area contributed by atoms with Crippen LogP contribution in [0.3, 0.4) is 0 Å². The lowest BCUT2D eigenvalue weighted by molar-refractivity contribution is -0.124. The summed E-state index contributed by atoms with van der Waals surface area (Å²) in [5, 5.41) is 3.27. The molecule has 0 aliphatic heterocycles. The Hall–Kier alpha value is -0.610. The van der Waals surface area contributed by atoms with Crippen molar-refractivity contribution in [3.05, 3.63) is 0 Å². The van der Waals surface area contributed by atoms with Crippen molar-refractivity contribution in [2.45, 2.75) is 58.5 Å². The van der Waals surface area contributed by atoms with Crippen LogP contribution in [0.2, 0.25) is 0 Å². The fourth-order valence-electron chi connectivity index (χ4n) is 2.10. The van der Waals surface area contributed by atoms with Crippen LogP contribution in [0.15, 0.2) is 0 Å². The van der Waals surface area contributed by atoms with Crippen LogP contribution in [0.25, 0.3) is 0 Å². The molecule has 0 fully saturated rings. The van der Waals surface area contributed by atoms with Crippen LogP contribution in [-0.4, -0.2) is 42.5 Å². The number of carbonyl (C=O) groups excluding carboxylic acids is 1. The van der Waals surface area contributed by atoms with Crippen molar-refractivity contribution >= 4 is 5.91 Å². The summed E-state index contributed by atoms with van der Waals surface area (Å²) in [6, 6.07) is 0.265. The Morgan fingerprint density at radius 2 is 2.00 bits per heavy atom. The van der Waals surface area contributed by atoms with Gasteiger partial charge in [0.15, 0.2) is 0 Å². The van der Waals surface area contributed by atoms with Gasteiger partial charge in [-0.25, -0.2) is 0 Å². The number of primary amides is 1. The number of carbonyl (C=O) groups is 1. The topological polar surface area (TPSA) is 58.4 Å². The summed E-state index contributed by atoms with van der Waals surface area (Å²) in [7, 11) is 2.11. The molecule has 0 aromatic carbocycles. The van der Waals surface area contributed by atoms with Crippen molar-refractivity contribution < 1.29 is 4.79 Å². The van der Waals surface area contributed by atoms with Crippen LogP contribution in [0, 0.1) is 0 Å². The van der Waals surface area contributed by atoms with Crippen LogP contribution in [0.1, 0.15) is 47.0 Å². The molecule has 0 radical (unpaired) electrons. The minimum absolute atomic E-state index is 0.260. The zero-order valence-electron chi connectivity index (χ0n) is 12.0. The second-order valence-electron chi connectivity index (χ2n) is 5.40. The fourth-order valence-corrected chi connectivity index (χ4v) is 2.10. The number of nitrogens with zero attached hydrogens (tertiary/aromatic N) is 1. The van der Waals surface area contributed by atoms with Crippen molar-refractivity contribution in [2.24, 2.45) is 5.73 Å². The van der Waals surface area contributed by atoms with E-state index in [4.69, 9.17) is 5.73 Å². The van der Waals surface area contributed by atoms with Gasteiger partial charge in [0.05, 0.1) is 5.54 Å². The monoisotopic (exact) mass is 243 g/mol. The largest absolute Gasteiger partial charge is 0.368 e. The van der Waals surface area contributed by atoms with Crippen molar-refractivity contribution in [1.82, 2.24) is 10.2 Å². The first-order valence-electron chi connectivity index (χ1n) is 6.58. The van der Waals surface area contributed by atoms with Gasteiger partial charge >= 0.3 is 0 Å². The number of nitrogens with two attached hydrogens (primary N) is 1. The Kier molecular flexibility index (Phi) is 7.39. The molecule has 0 spiro atoms. The van der Waals surface area contributed by atoms with E-state index in [-0.39, 0.29) is 11.9 Å². The zero-order chi connectivity index (χ0) is 13.5. The summed E-state index contributed by atoms with van der Waals surface area (Å²) in [5.74, 6) is -0.260. The molecule has 0 saturated carbocycles. The Morgan fingerprint density at radius 1 is 1.41 bits per heavy atom. The first kappa shape index (κ1) is 16.4. The van der Waals surface area contributed by atoms with E-state index in [1.807, 2.05) is 20.8 Å². The highest BCUT2D eigenvalue weighted by Gasteiger charge is 2.30. The second kappa shape index (κ2) is 7.67. The molecule has 3 N–H and O–H groups in total. The van der Waals surface area contributed by atoms with Gasteiger partial charge in [0.25, 0.3) is 0 Å². The molecule has 1 atom stereocenters. The average molecular weight is 243 g/mol. The van der Waals surface area contributed by atoms with Crippen molar-refractivity contribution in [3.8, 4) is 0 Å². The van der Waals surface area contributed by atoms with Gasteiger partial charge in [0, 0.05) is 6.04 Å². The predicted molar refractivity (Wildman–Crippen MR) is 72.9 cm³/mol. The van der Waals surface area contributed by atoms with E-state index in [1.54, 1.807) is 0 Å². The molecule has 0 saturated heterocycles. The second-order valence-corrected chi connectivity index (χ2v) is 5.40. The van der Waals surface area contributed by atoms with E-state index < -0.39 is 5.54 Å². The number of hydrogen-bond acceptors (Lipinski definition) is 3. The summed E-state index contributed by atoms with van der Waals surface area (Å²) in [5.41, 5.74) is 4.90. The standard InChI is InChI=1S/C13H29N3O/c1-6-9-16(5)10-7-8-13(4,12(14)17)15-11(2)3/h11,15H,6-10H2,1-5H3,(H2,14,17). The van der Waals surface area contributed by atoms with E-state index in [0.717, 1.165) is 32.4 Å². The highest BCUT2D eigenvalue weighted by Crippen LogP contribution is 2.13. The Bertz CT molecular complexity index is 231. The summed E-state index contributed by atoms with van der Waals surface area (Å²) < 4.78 is 0. The molecule has 102 valence electrons. The number of rotatable bonds is 9. The molecule has 1 amide bonds. The molecule has 0 aliphatic carbocycles. The minimum Gasteiger partial charge on any atom is -0.368 e. The predicted octanol–water partition coefficient (Wildman–Crippen LogP) is 1.35. The Balaban J connectivity index is 4.14. The maximum Gasteiger partial charge on any atom is 0.237 e. The van der Waals surface area contributed by atoms with Gasteiger partial charge in [0.2, 0.25) is 5.91 Å². The third kappa shape index (κ3) is 6.64. The Labute approximate surface area is 106 Å². The molecule has 0 aliphatic rings. The molecular formula is C13H29N3O. The molecule has 0 heterocycles. The summed E-state index contributed by atoms with van der Waals surface area (Å²) >= 11 is 0. The maximum atomic E-state index is 11.5. The normalized spacial score (nSPS) is 15.2. The highest BCUT2D eigenvalue weighted by atomic mass is 16.1. The molecule has 4 nitrogen and oxygen atoms in total. The molecule has 0 rings (SSSR count). The third-order valence-electron chi connectivity index (χ3n) is 2.97. The van der Waals surface area contributed by atoms with Gasteiger partial charge in [0.1, 0.15) is 0 Å². The van der Waals surface area contributed by atoms with Crippen LogP contribution < -0.4 is 11.1 Å². The SMILES string of the molecule is CCCN(C)CCCC(C)(NC(C)C)C(N)=O. The molecule has 1 unspecified atom stereocenters. The minimum atomic E-state index is -0.582. The fraction of sp³-hybridized carbons (Fsp3) is 0.923. The number of nitrogens with one attached hydrogen (secondary N) is 1.